The first-order valence-electron chi connectivity index (χ1n) is 9.34. The van der Waals surface area contributed by atoms with Crippen molar-refractivity contribution in [3.63, 3.8) is 0 Å². The van der Waals surface area contributed by atoms with Crippen LogP contribution in [0.2, 0.25) is 0 Å². The smallest absolute Gasteiger partial charge is 0.267 e. The van der Waals surface area contributed by atoms with Crippen LogP contribution in [0.3, 0.4) is 0 Å². The second kappa shape index (κ2) is 6.41. The van der Waals surface area contributed by atoms with E-state index in [-0.39, 0.29) is 17.6 Å². The number of hydrogen-bond acceptors (Lipinski definition) is 7. The Bertz CT molecular complexity index is 1060. The van der Waals surface area contributed by atoms with Crippen molar-refractivity contribution >= 4 is 11.5 Å². The van der Waals surface area contributed by atoms with Crippen molar-refractivity contribution in [3.8, 4) is 0 Å². The van der Waals surface area contributed by atoms with Gasteiger partial charge in [-0.05, 0) is 50.3 Å². The van der Waals surface area contributed by atoms with E-state index in [2.05, 4.69) is 25.7 Å². The average molecular weight is 367 g/mol. The number of hydrogen-bond donors (Lipinski definition) is 1. The van der Waals surface area contributed by atoms with Gasteiger partial charge in [0.1, 0.15) is 11.9 Å². The van der Waals surface area contributed by atoms with Gasteiger partial charge in [0.2, 0.25) is 0 Å². The molecule has 2 unspecified atom stereocenters. The van der Waals surface area contributed by atoms with Crippen molar-refractivity contribution in [2.75, 3.05) is 18.5 Å². The van der Waals surface area contributed by atoms with Gasteiger partial charge in [-0.25, -0.2) is 4.68 Å². The Labute approximate surface area is 155 Å². The molecular formula is C18H21N7O2. The topological polar surface area (TPSA) is 99.2 Å². The normalized spacial score (nSPS) is 22.1. The van der Waals surface area contributed by atoms with E-state index >= 15 is 0 Å². The molecule has 27 heavy (non-hydrogen) atoms. The highest BCUT2D eigenvalue weighted by molar-refractivity contribution is 5.44. The minimum atomic E-state index is -0.163. The predicted molar refractivity (Wildman–Crippen MR) is 97.9 cm³/mol. The Hall–Kier alpha value is -2.81. The van der Waals surface area contributed by atoms with Crippen molar-refractivity contribution in [1.29, 1.82) is 0 Å². The third-order valence-electron chi connectivity index (χ3n) is 5.35. The second-order valence-corrected chi connectivity index (χ2v) is 7.20. The van der Waals surface area contributed by atoms with Crippen molar-refractivity contribution in [3.05, 3.63) is 45.6 Å². The maximum absolute atomic E-state index is 12.6. The zero-order valence-electron chi connectivity index (χ0n) is 15.1. The van der Waals surface area contributed by atoms with Gasteiger partial charge in [0.15, 0.2) is 11.5 Å². The Morgan fingerprint density at radius 2 is 2.04 bits per heavy atom. The molecule has 3 aromatic rings. The van der Waals surface area contributed by atoms with Crippen LogP contribution in [0.25, 0.3) is 5.65 Å². The van der Waals surface area contributed by atoms with E-state index in [4.69, 9.17) is 4.74 Å². The highest BCUT2D eigenvalue weighted by Gasteiger charge is 2.32. The summed E-state index contributed by atoms with van der Waals surface area (Å²) in [6, 6.07) is 5.23. The molecule has 0 bridgehead atoms. The fourth-order valence-corrected chi connectivity index (χ4v) is 3.90. The molecule has 9 nitrogen and oxygen atoms in total. The number of anilines is 1. The number of rotatable bonds is 3. The van der Waals surface area contributed by atoms with Crippen molar-refractivity contribution in [2.24, 2.45) is 0 Å². The van der Waals surface area contributed by atoms with Gasteiger partial charge in [0.25, 0.3) is 5.56 Å². The summed E-state index contributed by atoms with van der Waals surface area (Å²) in [5, 5.41) is 20.7. The number of nitrogens with one attached hydrogen (secondary N) is 1. The minimum absolute atomic E-state index is 0.0592. The lowest BCUT2D eigenvalue weighted by molar-refractivity contribution is 0.182. The SMILES string of the molecule is Cc1nnc2ccc(NC3COCC3n3nc4c(cc3=O)CCCC4)nn12. The number of aryl methyl sites for hydroxylation is 3. The zero-order chi connectivity index (χ0) is 18.4. The maximum atomic E-state index is 12.6. The van der Waals surface area contributed by atoms with Crippen LogP contribution in [0.5, 0.6) is 0 Å². The van der Waals surface area contributed by atoms with Crippen molar-refractivity contribution < 1.29 is 4.74 Å². The first kappa shape index (κ1) is 16.4. The quantitative estimate of drug-likeness (QED) is 0.735. The summed E-state index contributed by atoms with van der Waals surface area (Å²) < 4.78 is 8.96. The molecule has 5 rings (SSSR count). The zero-order valence-corrected chi connectivity index (χ0v) is 15.1. The van der Waals surface area contributed by atoms with Crippen LogP contribution >= 0.6 is 0 Å². The summed E-state index contributed by atoms with van der Waals surface area (Å²) >= 11 is 0. The third-order valence-corrected chi connectivity index (χ3v) is 5.35. The molecule has 2 atom stereocenters. The number of ether oxygens (including phenoxy) is 1. The number of aromatic nitrogens is 6. The Kier molecular flexibility index (Phi) is 3.89. The third kappa shape index (κ3) is 2.87. The van der Waals surface area contributed by atoms with E-state index in [1.807, 2.05) is 19.1 Å². The van der Waals surface area contributed by atoms with E-state index in [0.29, 0.717) is 24.7 Å². The summed E-state index contributed by atoms with van der Waals surface area (Å²) in [7, 11) is 0. The van der Waals surface area contributed by atoms with Gasteiger partial charge < -0.3 is 10.1 Å². The largest absolute Gasteiger partial charge is 0.377 e. The molecular weight excluding hydrogens is 346 g/mol. The van der Waals surface area contributed by atoms with Crippen LogP contribution in [0, 0.1) is 6.92 Å². The number of fused-ring (bicyclic) bond motifs is 2. The molecule has 1 N–H and O–H groups in total. The molecule has 140 valence electrons. The van der Waals surface area contributed by atoms with Crippen LogP contribution in [0.1, 0.15) is 36.0 Å². The van der Waals surface area contributed by atoms with Gasteiger partial charge in [0, 0.05) is 6.07 Å². The molecule has 2 aliphatic rings. The molecule has 1 saturated heterocycles. The fourth-order valence-electron chi connectivity index (χ4n) is 3.90. The second-order valence-electron chi connectivity index (χ2n) is 7.20. The molecule has 9 heteroatoms. The maximum Gasteiger partial charge on any atom is 0.267 e. The van der Waals surface area contributed by atoms with Gasteiger partial charge in [-0.2, -0.15) is 9.61 Å². The molecule has 1 aliphatic heterocycles. The Morgan fingerprint density at radius 3 is 2.96 bits per heavy atom. The van der Waals surface area contributed by atoms with Crippen LogP contribution in [0.15, 0.2) is 23.0 Å². The average Bonchev–Trinajstić information content (AvgIpc) is 3.28. The van der Waals surface area contributed by atoms with Gasteiger partial charge in [-0.15, -0.1) is 15.3 Å². The predicted octanol–water partition coefficient (Wildman–Crippen LogP) is 0.920. The van der Waals surface area contributed by atoms with Gasteiger partial charge >= 0.3 is 0 Å². The van der Waals surface area contributed by atoms with E-state index in [1.54, 1.807) is 15.3 Å². The molecule has 0 aromatic carbocycles. The molecule has 1 aliphatic carbocycles. The Balaban J connectivity index is 1.44. The van der Waals surface area contributed by atoms with Crippen LogP contribution in [-0.4, -0.2) is 48.8 Å². The lowest BCUT2D eigenvalue weighted by atomic mass is 9.97. The lowest BCUT2D eigenvalue weighted by Crippen LogP contribution is -2.38. The van der Waals surface area contributed by atoms with Gasteiger partial charge in [0.05, 0.1) is 24.9 Å². The number of nitrogens with zero attached hydrogens (tertiary/aromatic N) is 6. The standard InChI is InChI=1S/C18H21N7O2/c1-11-20-21-17-7-6-16(23-24(11)17)19-14-9-27-10-15(14)25-18(26)8-12-4-2-3-5-13(12)22-25/h6-8,14-15H,2-5,9-10H2,1H3,(H,19,23). The minimum Gasteiger partial charge on any atom is -0.377 e. The first-order chi connectivity index (χ1) is 13.2. The summed E-state index contributed by atoms with van der Waals surface area (Å²) in [6.07, 6.45) is 4.14. The van der Waals surface area contributed by atoms with E-state index in [0.717, 1.165) is 42.8 Å². The van der Waals surface area contributed by atoms with Crippen LogP contribution in [0.4, 0.5) is 5.82 Å². The summed E-state index contributed by atoms with van der Waals surface area (Å²) in [5.74, 6) is 1.41. The van der Waals surface area contributed by atoms with E-state index in [1.165, 1.54) is 0 Å². The molecule has 4 heterocycles. The summed E-state index contributed by atoms with van der Waals surface area (Å²) in [4.78, 5) is 12.6. The van der Waals surface area contributed by atoms with Gasteiger partial charge in [-0.3, -0.25) is 4.79 Å². The summed E-state index contributed by atoms with van der Waals surface area (Å²) in [6.45, 7) is 2.81. The molecule has 0 amide bonds. The van der Waals surface area contributed by atoms with E-state index in [9.17, 15) is 4.79 Å². The lowest BCUT2D eigenvalue weighted by Gasteiger charge is -2.23. The monoisotopic (exact) mass is 367 g/mol. The molecule has 0 spiro atoms. The molecule has 1 fully saturated rings. The first-order valence-corrected chi connectivity index (χ1v) is 9.34. The van der Waals surface area contributed by atoms with Crippen LogP contribution < -0.4 is 10.9 Å². The highest BCUT2D eigenvalue weighted by Crippen LogP contribution is 2.23. The van der Waals surface area contributed by atoms with Crippen molar-refractivity contribution in [2.45, 2.75) is 44.7 Å². The fraction of sp³-hybridized carbons (Fsp3) is 0.500. The van der Waals surface area contributed by atoms with Crippen LogP contribution in [-0.2, 0) is 17.6 Å². The highest BCUT2D eigenvalue weighted by atomic mass is 16.5. The van der Waals surface area contributed by atoms with Crippen molar-refractivity contribution in [1.82, 2.24) is 29.6 Å². The van der Waals surface area contributed by atoms with E-state index < -0.39 is 0 Å². The Morgan fingerprint density at radius 1 is 1.15 bits per heavy atom. The summed E-state index contributed by atoms with van der Waals surface area (Å²) in [5.41, 5.74) is 2.79. The van der Waals surface area contributed by atoms with Gasteiger partial charge in [-0.1, -0.05) is 0 Å². The molecule has 0 saturated carbocycles. The molecule has 0 radical (unpaired) electrons. The molecule has 3 aromatic heterocycles.